The molecule has 0 fully saturated rings. The molecule has 2 unspecified atom stereocenters. The van der Waals surface area contributed by atoms with Gasteiger partial charge in [0.05, 0.1) is 19.2 Å². The number of aromatic amines is 1. The molecule has 28 heavy (non-hydrogen) atoms. The molecule has 0 saturated heterocycles. The zero-order chi connectivity index (χ0) is 19.5. The second-order valence-electron chi connectivity index (χ2n) is 7.34. The Morgan fingerprint density at radius 2 is 1.96 bits per heavy atom. The zero-order valence-corrected chi connectivity index (χ0v) is 16.4. The molecule has 1 aliphatic heterocycles. The van der Waals surface area contributed by atoms with Crippen LogP contribution in [0.25, 0.3) is 10.9 Å². The van der Waals surface area contributed by atoms with Crippen LogP contribution >= 0.6 is 0 Å². The fourth-order valence-electron chi connectivity index (χ4n) is 3.97. The highest BCUT2D eigenvalue weighted by molar-refractivity contribution is 5.88. The van der Waals surface area contributed by atoms with Crippen molar-refractivity contribution < 1.29 is 9.53 Å². The topological polar surface area (TPSA) is 66.2 Å². The van der Waals surface area contributed by atoms with E-state index in [2.05, 4.69) is 52.9 Å². The molecule has 1 aliphatic rings. The van der Waals surface area contributed by atoms with Gasteiger partial charge in [0.1, 0.15) is 5.75 Å². The Labute approximate surface area is 165 Å². The van der Waals surface area contributed by atoms with Crippen molar-refractivity contribution in [2.75, 3.05) is 13.7 Å². The van der Waals surface area contributed by atoms with E-state index in [1.54, 1.807) is 7.11 Å². The standard InChI is InChI=1S/C23H27N3O2/c1-3-4-13-24-23(27)20-14-18-17-7-5-6-8-19(17)25-22(18)21(26-20)15-9-11-16(28-2)12-10-15/h5-12,20-21,25-26H,3-4,13-14H2,1-2H3,(H,24,27). The Kier molecular flexibility index (Phi) is 5.35. The van der Waals surface area contributed by atoms with Crippen LogP contribution < -0.4 is 15.4 Å². The van der Waals surface area contributed by atoms with Crippen LogP contribution in [0.15, 0.2) is 48.5 Å². The van der Waals surface area contributed by atoms with Gasteiger partial charge in [0, 0.05) is 23.1 Å². The molecule has 3 N–H and O–H groups in total. The summed E-state index contributed by atoms with van der Waals surface area (Å²) in [5.74, 6) is 0.896. The lowest BCUT2D eigenvalue weighted by molar-refractivity contribution is -0.123. The third-order valence-electron chi connectivity index (χ3n) is 5.51. The molecule has 2 aromatic carbocycles. The highest BCUT2D eigenvalue weighted by Crippen LogP contribution is 2.35. The molecule has 0 radical (unpaired) electrons. The summed E-state index contributed by atoms with van der Waals surface area (Å²) in [4.78, 5) is 16.4. The first-order valence-corrected chi connectivity index (χ1v) is 9.98. The van der Waals surface area contributed by atoms with E-state index in [-0.39, 0.29) is 18.0 Å². The highest BCUT2D eigenvalue weighted by Gasteiger charge is 2.33. The summed E-state index contributed by atoms with van der Waals surface area (Å²) in [7, 11) is 1.67. The van der Waals surface area contributed by atoms with Crippen molar-refractivity contribution in [2.24, 2.45) is 0 Å². The molecule has 0 saturated carbocycles. The molecular weight excluding hydrogens is 350 g/mol. The first-order valence-electron chi connectivity index (χ1n) is 9.98. The Hall–Kier alpha value is -2.79. The lowest BCUT2D eigenvalue weighted by Crippen LogP contribution is -2.50. The molecular formula is C23H27N3O2. The number of H-pyrrole nitrogens is 1. The average Bonchev–Trinajstić information content (AvgIpc) is 3.12. The smallest absolute Gasteiger partial charge is 0.237 e. The van der Waals surface area contributed by atoms with Crippen LogP contribution in [0.5, 0.6) is 5.75 Å². The van der Waals surface area contributed by atoms with E-state index in [9.17, 15) is 4.79 Å². The number of hydrogen-bond acceptors (Lipinski definition) is 3. The van der Waals surface area contributed by atoms with Crippen LogP contribution in [0.4, 0.5) is 0 Å². The number of carbonyl (C=O) groups is 1. The van der Waals surface area contributed by atoms with Crippen molar-refractivity contribution >= 4 is 16.8 Å². The Morgan fingerprint density at radius 3 is 2.71 bits per heavy atom. The number of para-hydroxylation sites is 1. The summed E-state index contributed by atoms with van der Waals surface area (Å²) in [6.45, 7) is 2.85. The van der Waals surface area contributed by atoms with Gasteiger partial charge in [-0.15, -0.1) is 0 Å². The Morgan fingerprint density at radius 1 is 1.18 bits per heavy atom. The molecule has 4 rings (SSSR count). The van der Waals surface area contributed by atoms with Crippen LogP contribution in [-0.4, -0.2) is 30.6 Å². The molecule has 5 nitrogen and oxygen atoms in total. The van der Waals surface area contributed by atoms with Gasteiger partial charge in [-0.25, -0.2) is 0 Å². The number of aromatic nitrogens is 1. The second kappa shape index (κ2) is 8.07. The van der Waals surface area contributed by atoms with E-state index >= 15 is 0 Å². The summed E-state index contributed by atoms with van der Waals surface area (Å²) in [5.41, 5.74) is 4.59. The Balaban J connectivity index is 1.70. The van der Waals surface area contributed by atoms with Crippen molar-refractivity contribution in [3.8, 4) is 5.75 Å². The summed E-state index contributed by atoms with van der Waals surface area (Å²) in [6.07, 6.45) is 2.75. The van der Waals surface area contributed by atoms with Crippen LogP contribution in [0.3, 0.4) is 0 Å². The van der Waals surface area contributed by atoms with E-state index in [4.69, 9.17) is 4.74 Å². The average molecular weight is 377 g/mol. The SMILES string of the molecule is CCCCNC(=O)C1Cc2c([nH]c3ccccc23)C(c2ccc(OC)cc2)N1. The van der Waals surface area contributed by atoms with Gasteiger partial charge in [0.2, 0.25) is 5.91 Å². The quantitative estimate of drug-likeness (QED) is 0.574. The number of methoxy groups -OCH3 is 1. The van der Waals surface area contributed by atoms with Crippen molar-refractivity contribution in [1.82, 2.24) is 15.6 Å². The zero-order valence-electron chi connectivity index (χ0n) is 16.4. The number of fused-ring (bicyclic) bond motifs is 3. The third-order valence-corrected chi connectivity index (χ3v) is 5.51. The fraction of sp³-hybridized carbons (Fsp3) is 0.348. The van der Waals surface area contributed by atoms with E-state index < -0.39 is 0 Å². The first kappa shape index (κ1) is 18.6. The number of nitrogens with one attached hydrogen (secondary N) is 3. The number of ether oxygens (including phenoxy) is 1. The predicted octanol–water partition coefficient (Wildman–Crippen LogP) is 3.70. The lowest BCUT2D eigenvalue weighted by Gasteiger charge is -2.31. The second-order valence-corrected chi connectivity index (χ2v) is 7.34. The largest absolute Gasteiger partial charge is 0.497 e. The van der Waals surface area contributed by atoms with Crippen molar-refractivity contribution in [3.63, 3.8) is 0 Å². The summed E-state index contributed by atoms with van der Waals surface area (Å²) >= 11 is 0. The monoisotopic (exact) mass is 377 g/mol. The van der Waals surface area contributed by atoms with Gasteiger partial charge in [0.15, 0.2) is 0 Å². The van der Waals surface area contributed by atoms with Gasteiger partial charge in [-0.2, -0.15) is 0 Å². The molecule has 1 aromatic heterocycles. The maximum atomic E-state index is 12.8. The number of benzene rings is 2. The van der Waals surface area contributed by atoms with Crippen LogP contribution in [0.2, 0.25) is 0 Å². The van der Waals surface area contributed by atoms with Gasteiger partial charge in [0.25, 0.3) is 0 Å². The molecule has 0 aliphatic carbocycles. The minimum atomic E-state index is -0.254. The number of hydrogen-bond donors (Lipinski definition) is 3. The minimum Gasteiger partial charge on any atom is -0.497 e. The van der Waals surface area contributed by atoms with E-state index in [0.29, 0.717) is 6.42 Å². The van der Waals surface area contributed by atoms with E-state index in [0.717, 1.165) is 41.9 Å². The summed E-state index contributed by atoms with van der Waals surface area (Å²) < 4.78 is 5.30. The molecule has 3 aromatic rings. The van der Waals surface area contributed by atoms with Crippen molar-refractivity contribution in [1.29, 1.82) is 0 Å². The molecule has 1 amide bonds. The normalized spacial score (nSPS) is 18.6. The molecule has 0 bridgehead atoms. The number of carbonyl (C=O) groups excluding carboxylic acids is 1. The maximum absolute atomic E-state index is 12.8. The Bertz CT molecular complexity index is 962. The van der Waals surface area contributed by atoms with E-state index in [1.165, 1.54) is 10.9 Å². The third kappa shape index (κ3) is 3.50. The predicted molar refractivity (Wildman–Crippen MR) is 112 cm³/mol. The van der Waals surface area contributed by atoms with E-state index in [1.807, 2.05) is 18.2 Å². The highest BCUT2D eigenvalue weighted by atomic mass is 16.5. The fourth-order valence-corrected chi connectivity index (χ4v) is 3.97. The first-order chi connectivity index (χ1) is 13.7. The van der Waals surface area contributed by atoms with Crippen LogP contribution in [-0.2, 0) is 11.2 Å². The molecule has 0 spiro atoms. The minimum absolute atomic E-state index is 0.0658. The summed E-state index contributed by atoms with van der Waals surface area (Å²) in [6, 6.07) is 16.0. The molecule has 5 heteroatoms. The van der Waals surface area contributed by atoms with Gasteiger partial charge >= 0.3 is 0 Å². The lowest BCUT2D eigenvalue weighted by atomic mass is 9.90. The van der Waals surface area contributed by atoms with Gasteiger partial charge in [-0.05, 0) is 42.2 Å². The molecule has 146 valence electrons. The molecule has 2 heterocycles. The van der Waals surface area contributed by atoms with Crippen molar-refractivity contribution in [2.45, 2.75) is 38.3 Å². The van der Waals surface area contributed by atoms with Crippen LogP contribution in [0.1, 0.15) is 42.6 Å². The van der Waals surface area contributed by atoms with Crippen molar-refractivity contribution in [3.05, 3.63) is 65.4 Å². The van der Waals surface area contributed by atoms with Gasteiger partial charge < -0.3 is 15.0 Å². The molecule has 2 atom stereocenters. The van der Waals surface area contributed by atoms with Crippen LogP contribution in [0, 0.1) is 0 Å². The number of rotatable bonds is 6. The van der Waals surface area contributed by atoms with Gasteiger partial charge in [-0.3, -0.25) is 10.1 Å². The maximum Gasteiger partial charge on any atom is 0.237 e. The number of unbranched alkanes of at least 4 members (excludes halogenated alkanes) is 1. The summed E-state index contributed by atoms with van der Waals surface area (Å²) in [5, 5.41) is 7.85. The van der Waals surface area contributed by atoms with Gasteiger partial charge in [-0.1, -0.05) is 43.7 Å². The number of amides is 1.